The molecule has 1 rings (SSSR count). The summed E-state index contributed by atoms with van der Waals surface area (Å²) in [5, 5.41) is 0. The van der Waals surface area contributed by atoms with Gasteiger partial charge in [0.15, 0.2) is 6.10 Å². The van der Waals surface area contributed by atoms with Crippen LogP contribution < -0.4 is 0 Å². The zero-order chi connectivity index (χ0) is 9.73. The van der Waals surface area contributed by atoms with Crippen molar-refractivity contribution in [3.8, 4) is 0 Å². The van der Waals surface area contributed by atoms with Crippen LogP contribution in [-0.4, -0.2) is 38.5 Å². The Morgan fingerprint density at radius 1 is 1.15 bits per heavy atom. The van der Waals surface area contributed by atoms with Crippen LogP contribution in [0, 0.1) is 0 Å². The van der Waals surface area contributed by atoms with Gasteiger partial charge >= 0.3 is 5.97 Å². The van der Waals surface area contributed by atoms with E-state index >= 15 is 0 Å². The summed E-state index contributed by atoms with van der Waals surface area (Å²) in [7, 11) is 0. The van der Waals surface area contributed by atoms with Crippen molar-refractivity contribution in [2.24, 2.45) is 0 Å². The third kappa shape index (κ3) is 2.20. The van der Waals surface area contributed by atoms with E-state index in [1.54, 1.807) is 0 Å². The van der Waals surface area contributed by atoms with Crippen LogP contribution in [0.15, 0.2) is 0 Å². The molecule has 0 aromatic carbocycles. The smallest absolute Gasteiger partial charge is 0.313 e. The summed E-state index contributed by atoms with van der Waals surface area (Å²) in [5.74, 6) is -0.931. The van der Waals surface area contributed by atoms with Gasteiger partial charge in [0.25, 0.3) is 0 Å². The first-order valence-corrected chi connectivity index (χ1v) is 4.82. The van der Waals surface area contributed by atoms with Gasteiger partial charge in [-0.1, -0.05) is 0 Å². The number of rotatable bonds is 6. The number of ether oxygens (including phenoxy) is 4. The molecule has 1 saturated heterocycles. The van der Waals surface area contributed by atoms with Gasteiger partial charge in [-0.15, -0.1) is 0 Å². The molecule has 0 N–H and O–H groups in total. The molecule has 0 radical (unpaired) electrons. The van der Waals surface area contributed by atoms with E-state index < -0.39 is 5.97 Å². The molecule has 0 aromatic heterocycles. The summed E-state index contributed by atoms with van der Waals surface area (Å²) in [6.07, 6.45) is -0.0857. The van der Waals surface area contributed by atoms with Crippen LogP contribution in [0.3, 0.4) is 0 Å². The van der Waals surface area contributed by atoms with Crippen molar-refractivity contribution < 1.29 is 18.9 Å². The van der Waals surface area contributed by atoms with Gasteiger partial charge in [-0.3, -0.25) is 0 Å². The van der Waals surface area contributed by atoms with E-state index in [0.717, 1.165) is 0 Å². The molecule has 1 fully saturated rings. The second kappa shape index (κ2) is 4.91. The van der Waals surface area contributed by atoms with Gasteiger partial charge in [-0.25, -0.2) is 0 Å². The van der Waals surface area contributed by atoms with Crippen LogP contribution in [0.1, 0.15) is 20.8 Å². The van der Waals surface area contributed by atoms with E-state index in [1.165, 1.54) is 0 Å². The lowest BCUT2D eigenvalue weighted by molar-refractivity contribution is -0.478. The number of hydrogen-bond donors (Lipinski definition) is 0. The van der Waals surface area contributed by atoms with Gasteiger partial charge < -0.3 is 18.9 Å². The van der Waals surface area contributed by atoms with Crippen molar-refractivity contribution in [1.82, 2.24) is 0 Å². The first-order valence-electron chi connectivity index (χ1n) is 4.82. The van der Waals surface area contributed by atoms with Gasteiger partial charge in [-0.05, 0) is 20.8 Å². The Bertz CT molecular complexity index is 143. The van der Waals surface area contributed by atoms with Crippen LogP contribution in [0.4, 0.5) is 0 Å². The average molecular weight is 190 g/mol. The molecule has 13 heavy (non-hydrogen) atoms. The minimum atomic E-state index is -0.931. The third-order valence-electron chi connectivity index (χ3n) is 1.89. The van der Waals surface area contributed by atoms with E-state index in [0.29, 0.717) is 26.4 Å². The van der Waals surface area contributed by atoms with E-state index in [1.807, 2.05) is 20.8 Å². The van der Waals surface area contributed by atoms with Crippen LogP contribution in [0.25, 0.3) is 0 Å². The predicted octanol–water partition coefficient (Wildman–Crippen LogP) is 1.15. The molecular weight excluding hydrogens is 172 g/mol. The maximum absolute atomic E-state index is 5.42. The van der Waals surface area contributed by atoms with Crippen molar-refractivity contribution in [2.75, 3.05) is 26.4 Å². The Morgan fingerprint density at radius 3 is 2.08 bits per heavy atom. The average Bonchev–Trinajstić information content (AvgIpc) is 2.12. The van der Waals surface area contributed by atoms with E-state index in [2.05, 4.69) is 0 Å². The molecule has 4 nitrogen and oxygen atoms in total. The van der Waals surface area contributed by atoms with Crippen molar-refractivity contribution in [3.05, 3.63) is 0 Å². The van der Waals surface area contributed by atoms with Crippen molar-refractivity contribution in [2.45, 2.75) is 32.8 Å². The Labute approximate surface area is 79.1 Å². The highest BCUT2D eigenvalue weighted by Gasteiger charge is 2.52. The predicted molar refractivity (Wildman–Crippen MR) is 47.3 cm³/mol. The lowest BCUT2D eigenvalue weighted by Gasteiger charge is -2.46. The van der Waals surface area contributed by atoms with Crippen molar-refractivity contribution >= 4 is 0 Å². The minimum Gasteiger partial charge on any atom is -0.368 e. The van der Waals surface area contributed by atoms with Crippen molar-refractivity contribution in [3.63, 3.8) is 0 Å². The third-order valence-corrected chi connectivity index (χ3v) is 1.89. The number of hydrogen-bond acceptors (Lipinski definition) is 4. The summed E-state index contributed by atoms with van der Waals surface area (Å²) in [5.41, 5.74) is 0. The SMILES string of the molecule is CCOC1COC1(OCC)OCC. The van der Waals surface area contributed by atoms with E-state index in [9.17, 15) is 0 Å². The molecule has 0 amide bonds. The molecule has 0 saturated carbocycles. The van der Waals surface area contributed by atoms with Gasteiger partial charge in [0.1, 0.15) is 0 Å². The zero-order valence-electron chi connectivity index (χ0n) is 8.54. The second-order valence-corrected chi connectivity index (χ2v) is 2.72. The maximum Gasteiger partial charge on any atom is 0.313 e. The highest BCUT2D eigenvalue weighted by Crippen LogP contribution is 2.32. The maximum atomic E-state index is 5.42. The summed E-state index contributed by atoms with van der Waals surface area (Å²) in [4.78, 5) is 0. The standard InChI is InChI=1S/C9H18O4/c1-4-10-8-7-13-9(8,11-5-2)12-6-3/h8H,4-7H2,1-3H3. The van der Waals surface area contributed by atoms with Gasteiger partial charge in [0.2, 0.25) is 0 Å². The molecule has 0 aliphatic carbocycles. The molecular formula is C9H18O4. The summed E-state index contributed by atoms with van der Waals surface area (Å²) >= 11 is 0. The molecule has 1 unspecified atom stereocenters. The van der Waals surface area contributed by atoms with Crippen LogP contribution in [-0.2, 0) is 18.9 Å². The van der Waals surface area contributed by atoms with Crippen LogP contribution >= 0.6 is 0 Å². The largest absolute Gasteiger partial charge is 0.368 e. The molecule has 78 valence electrons. The lowest BCUT2D eigenvalue weighted by Crippen LogP contribution is -2.62. The fraction of sp³-hybridized carbons (Fsp3) is 1.00. The fourth-order valence-electron chi connectivity index (χ4n) is 1.35. The Kier molecular flexibility index (Phi) is 4.12. The summed E-state index contributed by atoms with van der Waals surface area (Å²) < 4.78 is 21.5. The summed E-state index contributed by atoms with van der Waals surface area (Å²) in [6.45, 7) is 8.08. The monoisotopic (exact) mass is 190 g/mol. The Balaban J connectivity index is 2.46. The van der Waals surface area contributed by atoms with Crippen LogP contribution in [0.5, 0.6) is 0 Å². The fourth-order valence-corrected chi connectivity index (χ4v) is 1.35. The molecule has 0 bridgehead atoms. The second-order valence-electron chi connectivity index (χ2n) is 2.72. The molecule has 1 atom stereocenters. The Morgan fingerprint density at radius 2 is 1.77 bits per heavy atom. The van der Waals surface area contributed by atoms with Gasteiger partial charge in [-0.2, -0.15) is 0 Å². The van der Waals surface area contributed by atoms with Gasteiger partial charge in [0, 0.05) is 19.8 Å². The molecule has 1 aliphatic rings. The lowest BCUT2D eigenvalue weighted by atomic mass is 10.2. The zero-order valence-corrected chi connectivity index (χ0v) is 8.54. The molecule has 0 aromatic rings. The first-order chi connectivity index (χ1) is 6.29. The Hall–Kier alpha value is -0.160. The van der Waals surface area contributed by atoms with E-state index in [4.69, 9.17) is 18.9 Å². The van der Waals surface area contributed by atoms with E-state index in [-0.39, 0.29) is 6.10 Å². The highest BCUT2D eigenvalue weighted by atomic mass is 16.9. The topological polar surface area (TPSA) is 36.9 Å². The minimum absolute atomic E-state index is 0.0857. The quantitative estimate of drug-likeness (QED) is 0.589. The first kappa shape index (κ1) is 10.9. The molecule has 4 heteroatoms. The molecule has 1 aliphatic heterocycles. The highest BCUT2D eigenvalue weighted by molar-refractivity contribution is 4.81. The summed E-state index contributed by atoms with van der Waals surface area (Å²) in [6, 6.07) is 0. The molecule has 0 spiro atoms. The molecule has 1 heterocycles. The normalized spacial score (nSPS) is 25.6. The van der Waals surface area contributed by atoms with Gasteiger partial charge in [0.05, 0.1) is 6.61 Å². The van der Waals surface area contributed by atoms with Crippen molar-refractivity contribution in [1.29, 1.82) is 0 Å². The van der Waals surface area contributed by atoms with Crippen LogP contribution in [0.2, 0.25) is 0 Å².